The van der Waals surface area contributed by atoms with Gasteiger partial charge in [-0.15, -0.1) is 5.10 Å². The van der Waals surface area contributed by atoms with E-state index in [1.807, 2.05) is 42.7 Å². The summed E-state index contributed by atoms with van der Waals surface area (Å²) < 4.78 is 1.66. The smallest absolute Gasteiger partial charge is 0.240 e. The molecule has 0 spiro atoms. The van der Waals surface area contributed by atoms with E-state index in [0.29, 0.717) is 0 Å². The fourth-order valence-electron chi connectivity index (χ4n) is 2.31. The largest absolute Gasteiger partial charge is 0.366 e. The maximum Gasteiger partial charge on any atom is 0.240 e. The van der Waals surface area contributed by atoms with Crippen LogP contribution in [0.1, 0.15) is 0 Å². The lowest BCUT2D eigenvalue weighted by atomic mass is 10.1. The molecule has 0 fully saturated rings. The summed E-state index contributed by atoms with van der Waals surface area (Å²) in [4.78, 5) is 8.65. The molecule has 5 heteroatoms. The second-order valence-electron chi connectivity index (χ2n) is 4.60. The Balaban J connectivity index is 1.90. The zero-order chi connectivity index (χ0) is 13.5. The summed E-state index contributed by atoms with van der Waals surface area (Å²) in [6, 6.07) is 14.1. The Hall–Kier alpha value is -2.95. The highest BCUT2D eigenvalue weighted by Crippen LogP contribution is 2.23. The molecule has 20 heavy (non-hydrogen) atoms. The molecule has 2 N–H and O–H groups in total. The van der Waals surface area contributed by atoms with Crippen molar-refractivity contribution in [2.75, 3.05) is 5.73 Å². The Kier molecular flexibility index (Phi) is 2.20. The first-order valence-electron chi connectivity index (χ1n) is 6.27. The lowest BCUT2D eigenvalue weighted by molar-refractivity contribution is 0.968. The molecule has 0 saturated carbocycles. The Morgan fingerprint density at radius 1 is 1.00 bits per heavy atom. The zero-order valence-corrected chi connectivity index (χ0v) is 10.6. The van der Waals surface area contributed by atoms with E-state index in [4.69, 9.17) is 5.73 Å². The van der Waals surface area contributed by atoms with Crippen molar-refractivity contribution < 1.29 is 0 Å². The first-order chi connectivity index (χ1) is 9.79. The van der Waals surface area contributed by atoms with Gasteiger partial charge in [-0.25, -0.2) is 4.52 Å². The van der Waals surface area contributed by atoms with Crippen molar-refractivity contribution >= 4 is 22.5 Å². The number of rotatable bonds is 1. The number of hydrogen-bond acceptors (Lipinski definition) is 4. The van der Waals surface area contributed by atoms with Crippen LogP contribution in [0.5, 0.6) is 0 Å². The SMILES string of the molecule is Nc1nc2cc(-c3cnc4ccccc4c3)ccn2n1. The second kappa shape index (κ2) is 4.03. The zero-order valence-electron chi connectivity index (χ0n) is 10.6. The average Bonchev–Trinajstić information content (AvgIpc) is 2.85. The number of nitrogens with zero attached hydrogens (tertiary/aromatic N) is 4. The average molecular weight is 261 g/mol. The quantitative estimate of drug-likeness (QED) is 0.571. The molecule has 0 saturated heterocycles. The number of aromatic nitrogens is 4. The van der Waals surface area contributed by atoms with Crippen molar-refractivity contribution in [1.82, 2.24) is 19.6 Å². The second-order valence-corrected chi connectivity index (χ2v) is 4.60. The number of pyridine rings is 2. The molecule has 0 aliphatic carbocycles. The summed E-state index contributed by atoms with van der Waals surface area (Å²) in [6.07, 6.45) is 3.72. The van der Waals surface area contributed by atoms with Crippen LogP contribution in [0, 0.1) is 0 Å². The summed E-state index contributed by atoms with van der Waals surface area (Å²) in [5.41, 5.74) is 9.41. The van der Waals surface area contributed by atoms with Crippen molar-refractivity contribution in [1.29, 1.82) is 0 Å². The maximum absolute atomic E-state index is 5.60. The highest BCUT2D eigenvalue weighted by atomic mass is 15.3. The third-order valence-electron chi connectivity index (χ3n) is 3.28. The lowest BCUT2D eigenvalue weighted by Gasteiger charge is -2.03. The van der Waals surface area contributed by atoms with Crippen molar-refractivity contribution in [3.05, 3.63) is 54.9 Å². The van der Waals surface area contributed by atoms with E-state index in [1.54, 1.807) is 4.52 Å². The molecule has 0 unspecified atom stereocenters. The van der Waals surface area contributed by atoms with Crippen LogP contribution in [0.4, 0.5) is 5.95 Å². The van der Waals surface area contributed by atoms with Crippen LogP contribution < -0.4 is 5.73 Å². The van der Waals surface area contributed by atoms with Gasteiger partial charge in [0.25, 0.3) is 0 Å². The van der Waals surface area contributed by atoms with Gasteiger partial charge in [0.15, 0.2) is 5.65 Å². The molecule has 0 amide bonds. The van der Waals surface area contributed by atoms with Crippen molar-refractivity contribution in [2.24, 2.45) is 0 Å². The fraction of sp³-hybridized carbons (Fsp3) is 0. The molecular formula is C15H11N5. The number of nitrogens with two attached hydrogens (primary N) is 1. The highest BCUT2D eigenvalue weighted by Gasteiger charge is 2.04. The number of hydrogen-bond donors (Lipinski definition) is 1. The molecule has 4 aromatic rings. The van der Waals surface area contributed by atoms with Crippen LogP contribution in [-0.4, -0.2) is 19.6 Å². The minimum Gasteiger partial charge on any atom is -0.366 e. The van der Waals surface area contributed by atoms with Crippen LogP contribution in [0.2, 0.25) is 0 Å². The summed E-state index contributed by atoms with van der Waals surface area (Å²) in [7, 11) is 0. The van der Waals surface area contributed by atoms with Crippen LogP contribution in [0.15, 0.2) is 54.9 Å². The Morgan fingerprint density at radius 3 is 2.85 bits per heavy atom. The number of benzene rings is 1. The van der Waals surface area contributed by atoms with Crippen LogP contribution in [-0.2, 0) is 0 Å². The molecule has 3 heterocycles. The monoisotopic (exact) mass is 261 g/mol. The predicted molar refractivity (Wildman–Crippen MR) is 78.1 cm³/mol. The van der Waals surface area contributed by atoms with Gasteiger partial charge >= 0.3 is 0 Å². The minimum atomic E-state index is 0.277. The molecular weight excluding hydrogens is 250 g/mol. The van der Waals surface area contributed by atoms with Crippen molar-refractivity contribution in [3.63, 3.8) is 0 Å². The van der Waals surface area contributed by atoms with Crippen molar-refractivity contribution in [2.45, 2.75) is 0 Å². The standard InChI is InChI=1S/C15H11N5/c16-15-18-14-8-10(5-6-20(14)19-15)12-7-11-3-1-2-4-13(11)17-9-12/h1-9H,(H2,16,19). The normalized spacial score (nSPS) is 11.2. The minimum absolute atomic E-state index is 0.277. The van der Waals surface area contributed by atoms with Gasteiger partial charge in [0, 0.05) is 23.3 Å². The fourth-order valence-corrected chi connectivity index (χ4v) is 2.31. The number of nitrogen functional groups attached to an aromatic ring is 1. The van der Waals surface area contributed by atoms with E-state index in [2.05, 4.69) is 27.2 Å². The summed E-state index contributed by atoms with van der Waals surface area (Å²) in [6.45, 7) is 0. The van der Waals surface area contributed by atoms with Crippen LogP contribution in [0.25, 0.3) is 27.7 Å². The van der Waals surface area contributed by atoms with Gasteiger partial charge in [0.05, 0.1) is 5.52 Å². The summed E-state index contributed by atoms with van der Waals surface area (Å²) in [5.74, 6) is 0.277. The molecule has 5 nitrogen and oxygen atoms in total. The lowest BCUT2D eigenvalue weighted by Crippen LogP contribution is -1.89. The van der Waals surface area contributed by atoms with E-state index in [9.17, 15) is 0 Å². The van der Waals surface area contributed by atoms with E-state index in [0.717, 1.165) is 27.7 Å². The first-order valence-corrected chi connectivity index (χ1v) is 6.27. The number of fused-ring (bicyclic) bond motifs is 2. The van der Waals surface area contributed by atoms with E-state index < -0.39 is 0 Å². The third kappa shape index (κ3) is 1.68. The number of anilines is 1. The molecule has 0 atom stereocenters. The van der Waals surface area contributed by atoms with Crippen LogP contribution in [0.3, 0.4) is 0 Å². The molecule has 3 aromatic heterocycles. The van der Waals surface area contributed by atoms with E-state index in [-0.39, 0.29) is 5.95 Å². The van der Waals surface area contributed by atoms with Gasteiger partial charge in [0.1, 0.15) is 0 Å². The van der Waals surface area contributed by atoms with Gasteiger partial charge < -0.3 is 5.73 Å². The van der Waals surface area contributed by atoms with E-state index in [1.165, 1.54) is 0 Å². The third-order valence-corrected chi connectivity index (χ3v) is 3.28. The molecule has 0 aliphatic heterocycles. The topological polar surface area (TPSA) is 69.1 Å². The van der Waals surface area contributed by atoms with Gasteiger partial charge in [-0.1, -0.05) is 18.2 Å². The molecule has 0 bridgehead atoms. The molecule has 0 radical (unpaired) electrons. The van der Waals surface area contributed by atoms with Gasteiger partial charge in [0.2, 0.25) is 5.95 Å². The van der Waals surface area contributed by atoms with Gasteiger partial charge in [-0.3, -0.25) is 4.98 Å². The van der Waals surface area contributed by atoms with Crippen LogP contribution >= 0.6 is 0 Å². The highest BCUT2D eigenvalue weighted by molar-refractivity contribution is 5.83. The first kappa shape index (κ1) is 10.9. The Morgan fingerprint density at radius 2 is 1.90 bits per heavy atom. The Bertz CT molecular complexity index is 926. The molecule has 4 rings (SSSR count). The predicted octanol–water partition coefficient (Wildman–Crippen LogP) is 2.53. The van der Waals surface area contributed by atoms with Crippen molar-refractivity contribution in [3.8, 4) is 11.1 Å². The van der Waals surface area contributed by atoms with Gasteiger partial charge in [-0.05, 0) is 29.8 Å². The van der Waals surface area contributed by atoms with Gasteiger partial charge in [-0.2, -0.15) is 4.98 Å². The summed E-state index contributed by atoms with van der Waals surface area (Å²) in [5, 5.41) is 5.18. The maximum atomic E-state index is 5.60. The molecule has 1 aromatic carbocycles. The summed E-state index contributed by atoms with van der Waals surface area (Å²) >= 11 is 0. The molecule has 96 valence electrons. The number of para-hydroxylation sites is 1. The molecule has 0 aliphatic rings. The van der Waals surface area contributed by atoms with E-state index >= 15 is 0 Å². The Labute approximate surface area is 114 Å².